The number of para-hydroxylation sites is 1. The van der Waals surface area contributed by atoms with Crippen LogP contribution < -0.4 is 9.47 Å². The molecular weight excluding hydrogens is 402 g/mol. The maximum absolute atomic E-state index is 9.72. The molecule has 0 radical (unpaired) electrons. The summed E-state index contributed by atoms with van der Waals surface area (Å²) in [6, 6.07) is 12.8. The van der Waals surface area contributed by atoms with E-state index in [9.17, 15) is 5.11 Å². The zero-order valence-corrected chi connectivity index (χ0v) is 19.6. The maximum atomic E-state index is 9.72. The van der Waals surface area contributed by atoms with Gasteiger partial charge in [-0.2, -0.15) is 0 Å². The van der Waals surface area contributed by atoms with E-state index in [0.717, 1.165) is 50.6 Å². The van der Waals surface area contributed by atoms with Gasteiger partial charge in [-0.05, 0) is 49.1 Å². The number of nitrogens with zero attached hydrogens (tertiary/aromatic N) is 2. The lowest BCUT2D eigenvalue weighted by atomic mass is 10.1. The van der Waals surface area contributed by atoms with Crippen molar-refractivity contribution in [2.45, 2.75) is 39.4 Å². The minimum atomic E-state index is 0.195. The van der Waals surface area contributed by atoms with E-state index in [-0.39, 0.29) is 6.61 Å². The molecule has 6 nitrogen and oxygen atoms in total. The van der Waals surface area contributed by atoms with Gasteiger partial charge in [0.2, 0.25) is 0 Å². The summed E-state index contributed by atoms with van der Waals surface area (Å²) in [4.78, 5) is 8.66. The first-order chi connectivity index (χ1) is 15.5. The highest BCUT2D eigenvalue weighted by Gasteiger charge is 2.27. The highest BCUT2D eigenvalue weighted by atomic mass is 16.5. The van der Waals surface area contributed by atoms with Crippen molar-refractivity contribution in [1.29, 1.82) is 0 Å². The minimum Gasteiger partial charge on any atom is -0.497 e. The van der Waals surface area contributed by atoms with E-state index in [1.807, 2.05) is 6.07 Å². The van der Waals surface area contributed by atoms with Gasteiger partial charge < -0.3 is 19.6 Å². The monoisotopic (exact) mass is 437 g/mol. The van der Waals surface area contributed by atoms with Crippen LogP contribution in [-0.2, 0) is 13.1 Å². The zero-order valence-electron chi connectivity index (χ0n) is 19.6. The van der Waals surface area contributed by atoms with Crippen LogP contribution in [0.2, 0.25) is 0 Å². The molecule has 1 unspecified atom stereocenters. The van der Waals surface area contributed by atoms with E-state index < -0.39 is 0 Å². The fraction of sp³-hybridized carbons (Fsp3) is 0.462. The molecule has 0 saturated carbocycles. The first-order valence-electron chi connectivity index (χ1n) is 11.4. The fourth-order valence-corrected chi connectivity index (χ4v) is 4.86. The molecule has 1 aromatic heterocycles. The van der Waals surface area contributed by atoms with Gasteiger partial charge in [0.25, 0.3) is 0 Å². The van der Waals surface area contributed by atoms with Crippen molar-refractivity contribution in [3.05, 3.63) is 58.8 Å². The molecule has 1 saturated heterocycles. The SMILES string of the molecule is COc1cc(CN2CCN(Cc3[nH]c4c(C)cccc4c3C)CC2CCO)cc(OC)c1. The van der Waals surface area contributed by atoms with Crippen LogP contribution in [0.5, 0.6) is 11.5 Å². The summed E-state index contributed by atoms with van der Waals surface area (Å²) in [5.74, 6) is 1.61. The number of aromatic nitrogens is 1. The van der Waals surface area contributed by atoms with Gasteiger partial charge in [0.05, 0.1) is 14.2 Å². The molecule has 6 heteroatoms. The number of aryl methyl sites for hydroxylation is 2. The summed E-state index contributed by atoms with van der Waals surface area (Å²) >= 11 is 0. The van der Waals surface area contributed by atoms with E-state index in [1.54, 1.807) is 14.2 Å². The number of aliphatic hydroxyl groups excluding tert-OH is 1. The van der Waals surface area contributed by atoms with Crippen LogP contribution in [-0.4, -0.2) is 66.4 Å². The van der Waals surface area contributed by atoms with E-state index >= 15 is 0 Å². The topological polar surface area (TPSA) is 61.0 Å². The Hall–Kier alpha value is -2.54. The number of fused-ring (bicyclic) bond motifs is 1. The van der Waals surface area contributed by atoms with Crippen molar-refractivity contribution in [2.24, 2.45) is 0 Å². The number of H-pyrrole nitrogens is 1. The lowest BCUT2D eigenvalue weighted by Crippen LogP contribution is -2.52. The van der Waals surface area contributed by atoms with Crippen molar-refractivity contribution in [3.63, 3.8) is 0 Å². The Morgan fingerprint density at radius 3 is 2.44 bits per heavy atom. The van der Waals surface area contributed by atoms with Crippen molar-refractivity contribution in [1.82, 2.24) is 14.8 Å². The molecule has 1 atom stereocenters. The second-order valence-electron chi connectivity index (χ2n) is 8.82. The van der Waals surface area contributed by atoms with Gasteiger partial charge in [0.15, 0.2) is 0 Å². The number of nitrogens with one attached hydrogen (secondary N) is 1. The van der Waals surface area contributed by atoms with Gasteiger partial charge in [-0.1, -0.05) is 18.2 Å². The Balaban J connectivity index is 1.48. The second kappa shape index (κ2) is 9.94. The smallest absolute Gasteiger partial charge is 0.122 e. The van der Waals surface area contributed by atoms with Crippen LogP contribution in [0.1, 0.15) is 28.8 Å². The summed E-state index contributed by atoms with van der Waals surface area (Å²) in [5, 5.41) is 11.0. The van der Waals surface area contributed by atoms with Gasteiger partial charge in [0.1, 0.15) is 11.5 Å². The predicted octanol–water partition coefficient (Wildman–Crippen LogP) is 3.87. The Kier molecular flexibility index (Phi) is 7.04. The quantitative estimate of drug-likeness (QED) is 0.560. The average Bonchev–Trinajstić information content (AvgIpc) is 3.12. The molecule has 2 aromatic carbocycles. The standard InChI is InChI=1S/C26H35N3O3/c1-18-6-5-7-24-19(2)25(27-26(18)24)17-28-9-10-29(21(16-28)8-11-30)15-20-12-22(31-3)14-23(13-20)32-4/h5-7,12-14,21,27,30H,8-11,15-17H2,1-4H3. The highest BCUT2D eigenvalue weighted by Crippen LogP contribution is 2.28. The first-order valence-corrected chi connectivity index (χ1v) is 11.4. The molecule has 0 bridgehead atoms. The zero-order chi connectivity index (χ0) is 22.7. The lowest BCUT2D eigenvalue weighted by Gasteiger charge is -2.41. The summed E-state index contributed by atoms with van der Waals surface area (Å²) in [7, 11) is 3.36. The van der Waals surface area contributed by atoms with Crippen molar-refractivity contribution in [3.8, 4) is 11.5 Å². The van der Waals surface area contributed by atoms with Gasteiger partial charge in [0, 0.05) is 68.0 Å². The largest absolute Gasteiger partial charge is 0.497 e. The molecule has 4 rings (SSSR count). The van der Waals surface area contributed by atoms with Gasteiger partial charge in [-0.15, -0.1) is 0 Å². The number of rotatable bonds is 8. The Morgan fingerprint density at radius 1 is 1.03 bits per heavy atom. The summed E-state index contributed by atoms with van der Waals surface area (Å²) in [6.45, 7) is 9.19. The number of benzene rings is 2. The number of ether oxygens (including phenoxy) is 2. The molecule has 1 fully saturated rings. The van der Waals surface area contributed by atoms with Crippen LogP contribution in [0.3, 0.4) is 0 Å². The van der Waals surface area contributed by atoms with E-state index in [0.29, 0.717) is 6.04 Å². The van der Waals surface area contributed by atoms with Crippen LogP contribution in [0, 0.1) is 13.8 Å². The molecule has 0 aliphatic carbocycles. The lowest BCUT2D eigenvalue weighted by molar-refractivity contribution is 0.0493. The van der Waals surface area contributed by atoms with Crippen molar-refractivity contribution >= 4 is 10.9 Å². The third-order valence-electron chi connectivity index (χ3n) is 6.74. The number of aromatic amines is 1. The van der Waals surface area contributed by atoms with Crippen LogP contribution in [0.25, 0.3) is 10.9 Å². The van der Waals surface area contributed by atoms with E-state index in [1.165, 1.54) is 33.3 Å². The Morgan fingerprint density at radius 2 is 1.78 bits per heavy atom. The van der Waals surface area contributed by atoms with E-state index in [4.69, 9.17) is 9.47 Å². The summed E-state index contributed by atoms with van der Waals surface area (Å²) < 4.78 is 10.9. The molecule has 2 heterocycles. The summed E-state index contributed by atoms with van der Waals surface area (Å²) in [5.41, 5.74) is 6.34. The molecule has 0 spiro atoms. The second-order valence-corrected chi connectivity index (χ2v) is 8.82. The normalized spacial score (nSPS) is 17.7. The first kappa shape index (κ1) is 22.6. The third kappa shape index (κ3) is 4.77. The predicted molar refractivity (Wildman–Crippen MR) is 128 cm³/mol. The number of hydrogen-bond acceptors (Lipinski definition) is 5. The summed E-state index contributed by atoms with van der Waals surface area (Å²) in [6.07, 6.45) is 0.766. The molecule has 2 N–H and O–H groups in total. The Labute approximate surface area is 190 Å². The van der Waals surface area contributed by atoms with Crippen LogP contribution in [0.4, 0.5) is 0 Å². The molecule has 1 aliphatic heterocycles. The Bertz CT molecular complexity index is 1040. The maximum Gasteiger partial charge on any atom is 0.122 e. The van der Waals surface area contributed by atoms with Gasteiger partial charge >= 0.3 is 0 Å². The van der Waals surface area contributed by atoms with Gasteiger partial charge in [-0.3, -0.25) is 9.80 Å². The third-order valence-corrected chi connectivity index (χ3v) is 6.74. The average molecular weight is 438 g/mol. The molecular formula is C26H35N3O3. The molecule has 172 valence electrons. The number of piperazine rings is 1. The minimum absolute atomic E-state index is 0.195. The molecule has 3 aromatic rings. The van der Waals surface area contributed by atoms with Crippen LogP contribution in [0.15, 0.2) is 36.4 Å². The van der Waals surface area contributed by atoms with Crippen molar-refractivity contribution < 1.29 is 14.6 Å². The van der Waals surface area contributed by atoms with Crippen LogP contribution >= 0.6 is 0 Å². The molecule has 1 aliphatic rings. The van der Waals surface area contributed by atoms with Crippen molar-refractivity contribution in [2.75, 3.05) is 40.5 Å². The number of methoxy groups -OCH3 is 2. The number of aliphatic hydroxyl groups is 1. The fourth-order valence-electron chi connectivity index (χ4n) is 4.86. The molecule has 0 amide bonds. The molecule has 32 heavy (non-hydrogen) atoms. The van der Waals surface area contributed by atoms with E-state index in [2.05, 4.69) is 59.0 Å². The van der Waals surface area contributed by atoms with Gasteiger partial charge in [-0.25, -0.2) is 0 Å². The number of hydrogen-bond donors (Lipinski definition) is 2. The highest BCUT2D eigenvalue weighted by molar-refractivity contribution is 5.86.